The van der Waals surface area contributed by atoms with Crippen LogP contribution in [0.25, 0.3) is 17.1 Å². The molecule has 2 aromatic carbocycles. The first-order valence-electron chi connectivity index (χ1n) is 9.13. The van der Waals surface area contributed by atoms with Crippen LogP contribution >= 0.6 is 22.6 Å². The maximum absolute atomic E-state index is 11.2. The highest BCUT2D eigenvalue weighted by Crippen LogP contribution is 2.32. The van der Waals surface area contributed by atoms with Crippen molar-refractivity contribution in [3.05, 3.63) is 61.2 Å². The molecule has 0 unspecified atom stereocenters. The second-order valence-electron chi connectivity index (χ2n) is 6.48. The average molecular weight is 574 g/mol. The number of aromatic nitrogens is 4. The van der Waals surface area contributed by atoms with Gasteiger partial charge in [-0.1, -0.05) is 0 Å². The lowest BCUT2D eigenvalue weighted by Crippen LogP contribution is -2.03. The Balaban J connectivity index is 1.68. The fraction of sp³-hybridized carbons (Fsp3) is 0. The highest BCUT2D eigenvalue weighted by atomic mass is 127. The van der Waals surface area contributed by atoms with Gasteiger partial charge in [-0.25, -0.2) is 14.4 Å². The van der Waals surface area contributed by atoms with E-state index in [9.17, 15) is 25.1 Å². The van der Waals surface area contributed by atoms with Crippen molar-refractivity contribution in [2.45, 2.75) is 0 Å². The predicted molar refractivity (Wildman–Crippen MR) is 128 cm³/mol. The summed E-state index contributed by atoms with van der Waals surface area (Å²) >= 11 is 2.17. The third kappa shape index (κ3) is 4.74. The van der Waals surface area contributed by atoms with Gasteiger partial charge < -0.3 is 15.5 Å². The number of hydrogen-bond donors (Lipinski definition) is 4. The second-order valence-corrected chi connectivity index (χ2v) is 7.72. The van der Waals surface area contributed by atoms with Gasteiger partial charge in [0.2, 0.25) is 22.8 Å². The van der Waals surface area contributed by atoms with Crippen LogP contribution in [0.5, 0.6) is 5.75 Å². The molecule has 4 aromatic rings. The summed E-state index contributed by atoms with van der Waals surface area (Å²) in [6.45, 7) is 0. The lowest BCUT2D eigenvalue weighted by Gasteiger charge is -2.09. The zero-order valence-electron chi connectivity index (χ0n) is 16.6. The smallest absolute Gasteiger partial charge is 0.312 e. The van der Waals surface area contributed by atoms with Crippen molar-refractivity contribution in [1.82, 2.24) is 20.3 Å². The number of halogens is 1. The molecule has 2 heterocycles. The number of hydrazone groups is 1. The molecule has 0 fully saturated rings. The van der Waals surface area contributed by atoms with Gasteiger partial charge in [-0.2, -0.15) is 10.1 Å². The normalized spacial score (nSPS) is 10.9. The molecular formula is C19H11IN8O6. The number of hydrogen-bond acceptors (Lipinski definition) is 13. The van der Waals surface area contributed by atoms with E-state index in [1.54, 1.807) is 0 Å². The number of nitro benzene ring substituents is 1. The summed E-state index contributed by atoms with van der Waals surface area (Å²) in [5.74, 6) is -0.0508. The van der Waals surface area contributed by atoms with Gasteiger partial charge in [0, 0.05) is 26.5 Å². The molecule has 0 amide bonds. The zero-order valence-corrected chi connectivity index (χ0v) is 18.8. The van der Waals surface area contributed by atoms with Gasteiger partial charge in [0.15, 0.2) is 17.6 Å². The third-order valence-corrected chi connectivity index (χ3v) is 5.00. The number of aromatic hydroxyl groups is 1. The monoisotopic (exact) mass is 574 g/mol. The fourth-order valence-corrected chi connectivity index (χ4v) is 3.07. The summed E-state index contributed by atoms with van der Waals surface area (Å²) in [7, 11) is 0. The van der Waals surface area contributed by atoms with E-state index >= 15 is 0 Å². The number of phenolic OH excluding ortho intramolecular Hbond substituents is 1. The first-order chi connectivity index (χ1) is 16.4. The van der Waals surface area contributed by atoms with Crippen molar-refractivity contribution in [1.29, 1.82) is 0 Å². The van der Waals surface area contributed by atoms with E-state index in [1.165, 1.54) is 5.94 Å². The highest BCUT2D eigenvalue weighted by molar-refractivity contribution is 14.1. The maximum atomic E-state index is 11.2. The van der Waals surface area contributed by atoms with Gasteiger partial charge >= 0.3 is 5.69 Å². The fourth-order valence-electron chi connectivity index (χ4n) is 2.71. The van der Waals surface area contributed by atoms with E-state index in [4.69, 9.17) is 0 Å². The summed E-state index contributed by atoms with van der Waals surface area (Å²) in [5.41, 5.74) is 2.40. The molecule has 0 saturated heterocycles. The number of nitrogens with zero attached hydrogens (tertiary/aromatic N) is 6. The number of nitro groups is 1. The van der Waals surface area contributed by atoms with Crippen LogP contribution < -0.4 is 10.7 Å². The number of anilines is 3. The standard InChI is InChI=1S/C19H11IN8O6/c20-11-1-3-12(4-2-11)22-16-17(24-19-18(23-16)26-34-27-19)25-21-7-10-5-9(14(30)8-29)6-13(15(10)31)28(32)33/h1-7,30-31H,(H,22,23,26)(H,24,25,27)/b21-7+. The summed E-state index contributed by atoms with van der Waals surface area (Å²) < 4.78 is 5.67. The number of rotatable bonds is 7. The Morgan fingerprint density at radius 1 is 1.18 bits per heavy atom. The Kier molecular flexibility index (Phi) is 6.28. The quantitative estimate of drug-likeness (QED) is 0.0628. The largest absolute Gasteiger partial charge is 0.502 e. The van der Waals surface area contributed by atoms with Gasteiger partial charge in [-0.15, -0.1) is 0 Å². The summed E-state index contributed by atoms with van der Waals surface area (Å²) in [5, 5.41) is 45.3. The van der Waals surface area contributed by atoms with Gasteiger partial charge in [0.05, 0.1) is 11.1 Å². The lowest BCUT2D eigenvalue weighted by molar-refractivity contribution is -0.385. The van der Waals surface area contributed by atoms with Crippen LogP contribution in [0.4, 0.5) is 23.0 Å². The molecule has 15 heteroatoms. The van der Waals surface area contributed by atoms with Crippen LogP contribution in [0.1, 0.15) is 11.1 Å². The van der Waals surface area contributed by atoms with Gasteiger partial charge in [-0.3, -0.25) is 15.5 Å². The zero-order chi connectivity index (χ0) is 24.2. The van der Waals surface area contributed by atoms with Crippen molar-refractivity contribution in [2.75, 3.05) is 10.7 Å². The maximum Gasteiger partial charge on any atom is 0.312 e. The Morgan fingerprint density at radius 3 is 2.50 bits per heavy atom. The first kappa shape index (κ1) is 22.6. The molecule has 2 aromatic heterocycles. The number of carbonyl (C=O) groups excluding carboxylic acids is 1. The second kappa shape index (κ2) is 9.47. The Morgan fingerprint density at radius 2 is 1.85 bits per heavy atom. The number of aliphatic hydroxyl groups excluding tert-OH is 1. The van der Waals surface area contributed by atoms with E-state index in [1.807, 2.05) is 24.3 Å². The van der Waals surface area contributed by atoms with Crippen LogP contribution in [0, 0.1) is 13.7 Å². The van der Waals surface area contributed by atoms with E-state index < -0.39 is 22.1 Å². The molecule has 0 saturated carbocycles. The molecule has 4 rings (SSSR count). The Labute approximate surface area is 202 Å². The number of aliphatic hydroxyl groups is 1. The molecule has 0 aliphatic carbocycles. The average Bonchev–Trinajstić information content (AvgIpc) is 3.28. The molecule has 0 atom stereocenters. The van der Waals surface area contributed by atoms with Gasteiger partial charge in [0.25, 0.3) is 0 Å². The number of benzene rings is 2. The van der Waals surface area contributed by atoms with Gasteiger partial charge in [-0.05, 0) is 63.2 Å². The first-order valence-corrected chi connectivity index (χ1v) is 10.2. The molecular weight excluding hydrogens is 563 g/mol. The molecule has 170 valence electrons. The molecule has 4 N–H and O–H groups in total. The molecule has 34 heavy (non-hydrogen) atoms. The van der Waals surface area contributed by atoms with Gasteiger partial charge in [0.1, 0.15) is 0 Å². The van der Waals surface area contributed by atoms with Crippen molar-refractivity contribution in [3.63, 3.8) is 0 Å². The summed E-state index contributed by atoms with van der Waals surface area (Å²) in [6.07, 6.45) is 1.03. The predicted octanol–water partition coefficient (Wildman–Crippen LogP) is 3.15. The minimum absolute atomic E-state index is 0.0902. The number of fused-ring (bicyclic) bond motifs is 1. The summed E-state index contributed by atoms with van der Waals surface area (Å²) in [4.78, 5) is 29.6. The Hall–Kier alpha value is -4.63. The highest BCUT2D eigenvalue weighted by Gasteiger charge is 2.20. The van der Waals surface area contributed by atoms with Crippen molar-refractivity contribution in [3.8, 4) is 5.75 Å². The molecule has 0 radical (unpaired) electrons. The number of nitrogens with one attached hydrogen (secondary N) is 2. The summed E-state index contributed by atoms with van der Waals surface area (Å²) in [6, 6.07) is 9.34. The minimum atomic E-state index is -0.873. The van der Waals surface area contributed by atoms with Crippen molar-refractivity contribution in [2.24, 2.45) is 5.10 Å². The third-order valence-electron chi connectivity index (χ3n) is 4.28. The molecule has 0 bridgehead atoms. The molecule has 0 aliphatic rings. The van der Waals surface area contributed by atoms with Crippen LogP contribution in [-0.2, 0) is 4.79 Å². The van der Waals surface area contributed by atoms with Crippen LogP contribution in [0.2, 0.25) is 0 Å². The molecule has 0 aliphatic heterocycles. The lowest BCUT2D eigenvalue weighted by atomic mass is 10.1. The van der Waals surface area contributed by atoms with Crippen LogP contribution in [-0.4, -0.2) is 47.6 Å². The van der Waals surface area contributed by atoms with E-state index in [0.717, 1.165) is 21.9 Å². The van der Waals surface area contributed by atoms with E-state index in [2.05, 4.69) is 63.3 Å². The Bertz CT molecular complexity index is 1480. The van der Waals surface area contributed by atoms with Crippen LogP contribution in [0.15, 0.2) is 46.1 Å². The van der Waals surface area contributed by atoms with E-state index in [-0.39, 0.29) is 34.1 Å². The minimum Gasteiger partial charge on any atom is -0.502 e. The number of phenols is 1. The SMILES string of the molecule is O=C=C(O)c1cc(/C=N/Nc2nc3nonc3nc2Nc2ccc(I)cc2)c(O)c([N+](=O)[O-])c1. The molecule has 14 nitrogen and oxygen atoms in total. The van der Waals surface area contributed by atoms with Crippen molar-refractivity contribution < 1.29 is 24.6 Å². The van der Waals surface area contributed by atoms with E-state index in [0.29, 0.717) is 5.69 Å². The molecule has 0 spiro atoms. The van der Waals surface area contributed by atoms with Crippen molar-refractivity contribution >= 4 is 74.8 Å². The van der Waals surface area contributed by atoms with Crippen LogP contribution in [0.3, 0.4) is 0 Å². The topological polar surface area (TPSA) is 202 Å².